The van der Waals surface area contributed by atoms with Gasteiger partial charge in [0.15, 0.2) is 6.61 Å². The van der Waals surface area contributed by atoms with Crippen LogP contribution in [0, 0.1) is 0 Å². The highest BCUT2D eigenvalue weighted by molar-refractivity contribution is 7.18. The van der Waals surface area contributed by atoms with Gasteiger partial charge in [-0.2, -0.15) is 0 Å². The topological polar surface area (TPSA) is 59.5 Å². The zero-order valence-electron chi connectivity index (χ0n) is 17.1. The van der Waals surface area contributed by atoms with Crippen LogP contribution in [0.15, 0.2) is 48.5 Å². The minimum absolute atomic E-state index is 0.185. The van der Waals surface area contributed by atoms with Crippen molar-refractivity contribution in [2.45, 2.75) is 39.2 Å². The molecule has 1 heterocycles. The first-order valence-corrected chi connectivity index (χ1v) is 10.6. The summed E-state index contributed by atoms with van der Waals surface area (Å²) in [5.74, 6) is -0.601. The average Bonchev–Trinajstić information content (AvgIpc) is 3.19. The van der Waals surface area contributed by atoms with E-state index in [2.05, 4.69) is 24.0 Å². The molecular formula is C23H26N2O3S. The maximum absolute atomic E-state index is 12.4. The average molecular weight is 411 g/mol. The molecule has 0 radical (unpaired) electrons. The van der Waals surface area contributed by atoms with Crippen molar-refractivity contribution in [2.75, 3.05) is 13.7 Å². The number of fused-ring (bicyclic) bond motifs is 1. The van der Waals surface area contributed by atoms with Gasteiger partial charge in [0.1, 0.15) is 5.01 Å². The Kier molecular flexibility index (Phi) is 6.99. The van der Waals surface area contributed by atoms with Gasteiger partial charge in [-0.3, -0.25) is 9.59 Å². The second-order valence-corrected chi connectivity index (χ2v) is 8.09. The summed E-state index contributed by atoms with van der Waals surface area (Å²) in [5, 5.41) is 0.865. The lowest BCUT2D eigenvalue weighted by atomic mass is 10.1. The van der Waals surface area contributed by atoms with Gasteiger partial charge in [0, 0.05) is 13.5 Å². The van der Waals surface area contributed by atoms with E-state index in [-0.39, 0.29) is 30.9 Å². The number of nitrogens with zero attached hydrogens (tertiary/aromatic N) is 2. The van der Waals surface area contributed by atoms with E-state index in [0.717, 1.165) is 27.2 Å². The number of rotatable bonds is 8. The van der Waals surface area contributed by atoms with Crippen molar-refractivity contribution in [2.24, 2.45) is 0 Å². The van der Waals surface area contributed by atoms with Crippen LogP contribution in [0.25, 0.3) is 10.2 Å². The number of aromatic nitrogens is 1. The molecule has 0 aliphatic carbocycles. The lowest BCUT2D eigenvalue weighted by molar-refractivity contribution is -0.152. The molecule has 0 spiro atoms. The maximum Gasteiger partial charge on any atom is 0.306 e. The number of benzene rings is 2. The number of hydrogen-bond donors (Lipinski definition) is 0. The third-order valence-electron chi connectivity index (χ3n) is 5.05. The van der Waals surface area contributed by atoms with Crippen LogP contribution in [0.4, 0.5) is 0 Å². The fourth-order valence-electron chi connectivity index (χ4n) is 2.95. The highest BCUT2D eigenvalue weighted by Gasteiger charge is 2.21. The highest BCUT2D eigenvalue weighted by atomic mass is 32.1. The molecule has 3 aromatic rings. The monoisotopic (exact) mass is 410 g/mol. The maximum atomic E-state index is 12.4. The molecule has 0 saturated carbocycles. The molecule has 1 aromatic heterocycles. The van der Waals surface area contributed by atoms with E-state index in [4.69, 9.17) is 4.74 Å². The number of likely N-dealkylation sites (N-methyl/N-ethyl adjacent to an activating group) is 1. The summed E-state index contributed by atoms with van der Waals surface area (Å²) in [6.45, 7) is 3.79. The van der Waals surface area contributed by atoms with Crippen LogP contribution in [0.1, 0.15) is 42.4 Å². The Labute approximate surface area is 175 Å². The zero-order valence-corrected chi connectivity index (χ0v) is 17.9. The first-order valence-electron chi connectivity index (χ1n) is 9.82. The third kappa shape index (κ3) is 5.41. The Balaban J connectivity index is 1.47. The molecule has 0 unspecified atom stereocenters. The summed E-state index contributed by atoms with van der Waals surface area (Å²) in [7, 11) is 1.71. The molecule has 0 saturated heterocycles. The van der Waals surface area contributed by atoms with Gasteiger partial charge < -0.3 is 9.64 Å². The molecule has 0 fully saturated rings. The van der Waals surface area contributed by atoms with Crippen molar-refractivity contribution in [1.29, 1.82) is 0 Å². The summed E-state index contributed by atoms with van der Waals surface area (Å²) in [6, 6.07) is 15.9. The number of ether oxygens (including phenoxy) is 1. The van der Waals surface area contributed by atoms with Crippen LogP contribution in [-0.2, 0) is 27.2 Å². The minimum Gasteiger partial charge on any atom is -0.456 e. The zero-order chi connectivity index (χ0) is 20.8. The number of para-hydroxylation sites is 1. The number of aryl methyl sites for hydroxylation is 2. The standard InChI is InChI=1S/C23H26N2O3S/c1-4-17-9-11-18(12-10-17)13-14-22(27)28-15-21(26)25(3)16(2)23-24-19-7-5-6-8-20(19)29-23/h5-12,16H,4,13-15H2,1-3H3/t16-/m1/s1. The van der Waals surface area contributed by atoms with Crippen LogP contribution < -0.4 is 0 Å². The largest absolute Gasteiger partial charge is 0.456 e. The van der Waals surface area contributed by atoms with E-state index in [9.17, 15) is 9.59 Å². The smallest absolute Gasteiger partial charge is 0.306 e. The van der Waals surface area contributed by atoms with Crippen LogP contribution in [-0.4, -0.2) is 35.4 Å². The van der Waals surface area contributed by atoms with Crippen molar-refractivity contribution < 1.29 is 14.3 Å². The Morgan fingerprint density at radius 2 is 1.79 bits per heavy atom. The lowest BCUT2D eigenvalue weighted by Gasteiger charge is -2.23. The van der Waals surface area contributed by atoms with Gasteiger partial charge in [0.05, 0.1) is 16.3 Å². The van der Waals surface area contributed by atoms with E-state index in [1.807, 2.05) is 43.3 Å². The number of amides is 1. The van der Waals surface area contributed by atoms with Gasteiger partial charge in [-0.1, -0.05) is 43.3 Å². The molecule has 5 nitrogen and oxygen atoms in total. The summed E-state index contributed by atoms with van der Waals surface area (Å²) < 4.78 is 6.28. The number of carbonyl (C=O) groups is 2. The predicted octanol–water partition coefficient (Wildman–Crippen LogP) is 4.55. The van der Waals surface area contributed by atoms with Gasteiger partial charge in [-0.15, -0.1) is 11.3 Å². The molecule has 29 heavy (non-hydrogen) atoms. The van der Waals surface area contributed by atoms with E-state index < -0.39 is 0 Å². The third-order valence-corrected chi connectivity index (χ3v) is 6.25. The summed E-state index contributed by atoms with van der Waals surface area (Å²) in [5.41, 5.74) is 3.29. The molecule has 152 valence electrons. The Bertz CT molecular complexity index is 948. The first kappa shape index (κ1) is 21.0. The second-order valence-electron chi connectivity index (χ2n) is 7.03. The summed E-state index contributed by atoms with van der Waals surface area (Å²) in [6.07, 6.45) is 1.86. The van der Waals surface area contributed by atoms with Gasteiger partial charge in [-0.05, 0) is 43.0 Å². The van der Waals surface area contributed by atoms with E-state index in [1.165, 1.54) is 5.56 Å². The fraction of sp³-hybridized carbons (Fsp3) is 0.348. The molecule has 0 bridgehead atoms. The Morgan fingerprint density at radius 1 is 1.10 bits per heavy atom. The van der Waals surface area contributed by atoms with Gasteiger partial charge in [0.25, 0.3) is 5.91 Å². The van der Waals surface area contributed by atoms with E-state index >= 15 is 0 Å². The molecule has 0 aliphatic heterocycles. The molecule has 3 rings (SSSR count). The quantitative estimate of drug-likeness (QED) is 0.511. The summed E-state index contributed by atoms with van der Waals surface area (Å²) in [4.78, 5) is 30.6. The van der Waals surface area contributed by atoms with Crippen molar-refractivity contribution in [3.63, 3.8) is 0 Å². The predicted molar refractivity (Wildman–Crippen MR) is 116 cm³/mol. The lowest BCUT2D eigenvalue weighted by Crippen LogP contribution is -2.33. The van der Waals surface area contributed by atoms with Crippen molar-refractivity contribution in [3.05, 3.63) is 64.7 Å². The van der Waals surface area contributed by atoms with Gasteiger partial charge in [0.2, 0.25) is 0 Å². The Morgan fingerprint density at radius 3 is 2.48 bits per heavy atom. The SMILES string of the molecule is CCc1ccc(CCC(=O)OCC(=O)N(C)[C@H](C)c2nc3ccccc3s2)cc1. The van der Waals surface area contributed by atoms with Crippen molar-refractivity contribution in [3.8, 4) is 0 Å². The molecular weight excluding hydrogens is 384 g/mol. The number of thiazole rings is 1. The van der Waals surface area contributed by atoms with Crippen LogP contribution in [0.3, 0.4) is 0 Å². The molecule has 2 aromatic carbocycles. The van der Waals surface area contributed by atoms with Crippen LogP contribution in [0.2, 0.25) is 0 Å². The minimum atomic E-state index is -0.362. The van der Waals surface area contributed by atoms with Crippen LogP contribution in [0.5, 0.6) is 0 Å². The van der Waals surface area contributed by atoms with Gasteiger partial charge >= 0.3 is 5.97 Å². The number of esters is 1. The molecule has 6 heteroatoms. The summed E-state index contributed by atoms with van der Waals surface area (Å²) >= 11 is 1.57. The molecule has 1 atom stereocenters. The fourth-order valence-corrected chi connectivity index (χ4v) is 4.02. The Hall–Kier alpha value is -2.73. The number of hydrogen-bond acceptors (Lipinski definition) is 5. The molecule has 0 aliphatic rings. The molecule has 0 N–H and O–H groups in total. The van der Waals surface area contributed by atoms with Crippen molar-refractivity contribution in [1.82, 2.24) is 9.88 Å². The second kappa shape index (κ2) is 9.65. The van der Waals surface area contributed by atoms with Crippen LogP contribution >= 0.6 is 11.3 Å². The number of carbonyl (C=O) groups excluding carboxylic acids is 2. The highest BCUT2D eigenvalue weighted by Crippen LogP contribution is 2.28. The normalized spacial score (nSPS) is 12.0. The molecule has 1 amide bonds. The first-order chi connectivity index (χ1) is 14.0. The van der Waals surface area contributed by atoms with Gasteiger partial charge in [-0.25, -0.2) is 4.98 Å². The van der Waals surface area contributed by atoms with E-state index in [0.29, 0.717) is 6.42 Å². The van der Waals surface area contributed by atoms with Crippen molar-refractivity contribution >= 4 is 33.4 Å². The van der Waals surface area contributed by atoms with E-state index in [1.54, 1.807) is 23.3 Å².